The van der Waals surface area contributed by atoms with E-state index in [4.69, 9.17) is 9.84 Å². The highest BCUT2D eigenvalue weighted by atomic mass is 16.5. The van der Waals surface area contributed by atoms with E-state index in [0.717, 1.165) is 18.7 Å². The van der Waals surface area contributed by atoms with Crippen LogP contribution in [0.1, 0.15) is 18.1 Å². The van der Waals surface area contributed by atoms with Gasteiger partial charge in [0.15, 0.2) is 0 Å². The highest BCUT2D eigenvalue weighted by Crippen LogP contribution is 2.28. The maximum absolute atomic E-state index is 11.0. The van der Waals surface area contributed by atoms with Crippen LogP contribution in [0.4, 0.5) is 0 Å². The predicted molar refractivity (Wildman–Crippen MR) is 64.2 cm³/mol. The van der Waals surface area contributed by atoms with Gasteiger partial charge in [0.25, 0.3) is 0 Å². The zero-order valence-corrected chi connectivity index (χ0v) is 10.1. The first-order chi connectivity index (χ1) is 8.13. The molecule has 2 rings (SSSR count). The lowest BCUT2D eigenvalue weighted by Crippen LogP contribution is -2.42. The van der Waals surface area contributed by atoms with Crippen LogP contribution in [0.5, 0.6) is 5.75 Å². The van der Waals surface area contributed by atoms with Crippen LogP contribution in [0.15, 0.2) is 18.2 Å². The molecule has 17 heavy (non-hydrogen) atoms. The van der Waals surface area contributed by atoms with Gasteiger partial charge < -0.3 is 9.84 Å². The molecule has 1 N–H and O–H groups in total. The second-order valence-electron chi connectivity index (χ2n) is 4.33. The molecular formula is C13H17NO3. The van der Waals surface area contributed by atoms with Gasteiger partial charge in [-0.15, -0.1) is 0 Å². The first kappa shape index (κ1) is 11.9. The average Bonchev–Trinajstić information content (AvgIpc) is 2.36. The molecule has 4 nitrogen and oxygen atoms in total. The number of benzene rings is 1. The second kappa shape index (κ2) is 4.75. The Morgan fingerprint density at radius 3 is 2.94 bits per heavy atom. The third kappa shape index (κ3) is 2.26. The molecule has 0 spiro atoms. The van der Waals surface area contributed by atoms with Gasteiger partial charge in [0, 0.05) is 13.1 Å². The van der Waals surface area contributed by atoms with E-state index < -0.39 is 12.0 Å². The van der Waals surface area contributed by atoms with E-state index >= 15 is 0 Å². The maximum atomic E-state index is 11.0. The summed E-state index contributed by atoms with van der Waals surface area (Å²) in [6.07, 6.45) is 0.844. The number of rotatable bonds is 3. The molecule has 0 saturated heterocycles. The van der Waals surface area contributed by atoms with Gasteiger partial charge in [-0.05, 0) is 30.5 Å². The van der Waals surface area contributed by atoms with Crippen molar-refractivity contribution in [1.82, 2.24) is 4.90 Å². The topological polar surface area (TPSA) is 49.8 Å². The SMILES string of the molecule is COc1cccc2c1CCN(C(C)C(=O)O)C2. The van der Waals surface area contributed by atoms with Crippen molar-refractivity contribution in [2.75, 3.05) is 13.7 Å². The van der Waals surface area contributed by atoms with Gasteiger partial charge >= 0.3 is 5.97 Å². The number of hydrogen-bond donors (Lipinski definition) is 1. The van der Waals surface area contributed by atoms with Gasteiger partial charge in [0.05, 0.1) is 7.11 Å². The summed E-state index contributed by atoms with van der Waals surface area (Å²) in [5.74, 6) is 0.140. The fourth-order valence-electron chi connectivity index (χ4n) is 2.27. The zero-order chi connectivity index (χ0) is 12.4. The van der Waals surface area contributed by atoms with E-state index in [1.165, 1.54) is 11.1 Å². The van der Waals surface area contributed by atoms with Gasteiger partial charge in [-0.1, -0.05) is 12.1 Å². The maximum Gasteiger partial charge on any atom is 0.320 e. The molecule has 0 saturated carbocycles. The molecule has 0 fully saturated rings. The van der Waals surface area contributed by atoms with Crippen LogP contribution in [0.25, 0.3) is 0 Å². The lowest BCUT2D eigenvalue weighted by atomic mass is 9.97. The molecule has 0 aromatic heterocycles. The fourth-order valence-corrected chi connectivity index (χ4v) is 2.27. The number of carboxylic acids is 1. The summed E-state index contributed by atoms with van der Waals surface area (Å²) in [5.41, 5.74) is 2.38. The molecule has 0 radical (unpaired) electrons. The number of fused-ring (bicyclic) bond motifs is 1. The van der Waals surface area contributed by atoms with Gasteiger partial charge in [0.2, 0.25) is 0 Å². The molecule has 1 aromatic carbocycles. The van der Waals surface area contributed by atoms with Crippen LogP contribution in [0, 0.1) is 0 Å². The summed E-state index contributed by atoms with van der Waals surface area (Å²) < 4.78 is 5.32. The molecule has 1 heterocycles. The van der Waals surface area contributed by atoms with Crippen LogP contribution in [-0.4, -0.2) is 35.7 Å². The summed E-state index contributed by atoms with van der Waals surface area (Å²) in [7, 11) is 1.67. The molecule has 0 bridgehead atoms. The lowest BCUT2D eigenvalue weighted by molar-refractivity contribution is -0.143. The standard InChI is InChI=1S/C13H17NO3/c1-9(13(15)16)14-7-6-11-10(8-14)4-3-5-12(11)17-2/h3-5,9H,6-8H2,1-2H3,(H,15,16). The number of nitrogens with zero attached hydrogens (tertiary/aromatic N) is 1. The Labute approximate surface area is 101 Å². The minimum Gasteiger partial charge on any atom is -0.496 e. The molecule has 1 aliphatic rings. The Kier molecular flexibility index (Phi) is 3.33. The number of hydrogen-bond acceptors (Lipinski definition) is 3. The molecule has 4 heteroatoms. The van der Waals surface area contributed by atoms with E-state index in [2.05, 4.69) is 0 Å². The van der Waals surface area contributed by atoms with Crippen molar-refractivity contribution in [1.29, 1.82) is 0 Å². The third-order valence-corrected chi connectivity index (χ3v) is 3.38. The second-order valence-corrected chi connectivity index (χ2v) is 4.33. The highest BCUT2D eigenvalue weighted by molar-refractivity contribution is 5.73. The van der Waals surface area contributed by atoms with Crippen LogP contribution in [-0.2, 0) is 17.8 Å². The normalized spacial score (nSPS) is 17.3. The monoisotopic (exact) mass is 235 g/mol. The number of methoxy groups -OCH3 is 1. The minimum absolute atomic E-state index is 0.436. The minimum atomic E-state index is -0.767. The number of aliphatic carboxylic acids is 1. The Morgan fingerprint density at radius 2 is 2.29 bits per heavy atom. The van der Waals surface area contributed by atoms with Crippen molar-refractivity contribution in [3.05, 3.63) is 29.3 Å². The molecule has 1 atom stereocenters. The van der Waals surface area contributed by atoms with Crippen molar-refractivity contribution in [3.8, 4) is 5.75 Å². The first-order valence-electron chi connectivity index (χ1n) is 5.75. The highest BCUT2D eigenvalue weighted by Gasteiger charge is 2.26. The van der Waals surface area contributed by atoms with Gasteiger partial charge in [-0.2, -0.15) is 0 Å². The van der Waals surface area contributed by atoms with Crippen LogP contribution < -0.4 is 4.74 Å². The summed E-state index contributed by atoms with van der Waals surface area (Å²) >= 11 is 0. The van der Waals surface area contributed by atoms with Gasteiger partial charge in [-0.3, -0.25) is 9.69 Å². The molecule has 1 aliphatic heterocycles. The van der Waals surface area contributed by atoms with Crippen LogP contribution in [0.2, 0.25) is 0 Å². The molecular weight excluding hydrogens is 218 g/mol. The van der Waals surface area contributed by atoms with Gasteiger partial charge in [-0.25, -0.2) is 0 Å². The summed E-state index contributed by atoms with van der Waals surface area (Å²) in [5, 5.41) is 9.02. The fraction of sp³-hybridized carbons (Fsp3) is 0.462. The molecule has 1 aromatic rings. The smallest absolute Gasteiger partial charge is 0.320 e. The van der Waals surface area contributed by atoms with Crippen LogP contribution >= 0.6 is 0 Å². The van der Waals surface area contributed by atoms with E-state index in [9.17, 15) is 4.79 Å². The van der Waals surface area contributed by atoms with E-state index in [-0.39, 0.29) is 0 Å². The number of carbonyl (C=O) groups is 1. The Morgan fingerprint density at radius 1 is 1.53 bits per heavy atom. The third-order valence-electron chi connectivity index (χ3n) is 3.38. The molecule has 92 valence electrons. The van der Waals surface area contributed by atoms with Crippen molar-refractivity contribution in [2.24, 2.45) is 0 Å². The van der Waals surface area contributed by atoms with E-state index in [1.807, 2.05) is 23.1 Å². The van der Waals surface area contributed by atoms with Crippen LogP contribution in [0.3, 0.4) is 0 Å². The largest absolute Gasteiger partial charge is 0.496 e. The molecule has 0 amide bonds. The predicted octanol–water partition coefficient (Wildman–Crippen LogP) is 1.53. The van der Waals surface area contributed by atoms with E-state index in [1.54, 1.807) is 14.0 Å². The van der Waals surface area contributed by atoms with Crippen molar-refractivity contribution < 1.29 is 14.6 Å². The summed E-state index contributed by atoms with van der Waals surface area (Å²) in [4.78, 5) is 12.9. The van der Waals surface area contributed by atoms with Gasteiger partial charge in [0.1, 0.15) is 11.8 Å². The Balaban J connectivity index is 2.22. The van der Waals surface area contributed by atoms with Crippen molar-refractivity contribution in [3.63, 3.8) is 0 Å². The van der Waals surface area contributed by atoms with Crippen molar-refractivity contribution in [2.45, 2.75) is 25.9 Å². The Bertz CT molecular complexity index is 431. The quantitative estimate of drug-likeness (QED) is 0.863. The number of ether oxygens (including phenoxy) is 1. The number of carboxylic acid groups (broad SMARTS) is 1. The van der Waals surface area contributed by atoms with Crippen molar-refractivity contribution >= 4 is 5.97 Å². The molecule has 1 unspecified atom stereocenters. The first-order valence-corrected chi connectivity index (χ1v) is 5.75. The molecule has 0 aliphatic carbocycles. The zero-order valence-electron chi connectivity index (χ0n) is 10.1. The lowest BCUT2D eigenvalue weighted by Gasteiger charge is -2.32. The average molecular weight is 235 g/mol. The Hall–Kier alpha value is -1.55. The summed E-state index contributed by atoms with van der Waals surface area (Å²) in [6.45, 7) is 3.17. The van der Waals surface area contributed by atoms with E-state index in [0.29, 0.717) is 6.54 Å². The summed E-state index contributed by atoms with van der Waals surface area (Å²) in [6, 6.07) is 5.51.